The van der Waals surface area contributed by atoms with Crippen molar-refractivity contribution in [1.29, 1.82) is 0 Å². The fourth-order valence-corrected chi connectivity index (χ4v) is 0.515. The maximum absolute atomic E-state index is 10.8. The second-order valence-electron chi connectivity index (χ2n) is 2.25. The molecule has 0 aliphatic carbocycles. The Morgan fingerprint density at radius 3 is 2.57 bits per heavy atom. The van der Waals surface area contributed by atoms with Crippen LogP contribution >= 0.6 is 0 Å². The highest BCUT2D eigenvalue weighted by Crippen LogP contribution is 1.77. The Morgan fingerprint density at radius 2 is 2.00 bits per heavy atom. The molecule has 0 atom stereocenters. The molecule has 82 valence electrons. The molecule has 7 nitrogen and oxygen atoms in total. The number of hydrogen-bond donors (Lipinski definition) is 2. The van der Waals surface area contributed by atoms with Crippen molar-refractivity contribution in [2.24, 2.45) is 0 Å². The van der Waals surface area contributed by atoms with Gasteiger partial charge < -0.3 is 14.6 Å². The lowest BCUT2D eigenvalue weighted by molar-refractivity contribution is -0.151. The predicted octanol–water partition coefficient (Wildman–Crippen LogP) is -1.22. The summed E-state index contributed by atoms with van der Waals surface area (Å²) in [6.07, 6.45) is 0. The molecule has 0 spiro atoms. The molecule has 0 heterocycles. The molecule has 0 aliphatic rings. The number of carboxylic acid groups (broad SMARTS) is 1. The lowest BCUT2D eigenvalue weighted by Crippen LogP contribution is -2.30. The molecule has 0 aromatic rings. The zero-order chi connectivity index (χ0) is 10.8. The Balaban J connectivity index is 3.24. The first kappa shape index (κ1) is 12.8. The Morgan fingerprint density at radius 1 is 1.29 bits per heavy atom. The molecule has 0 saturated heterocycles. The number of ether oxygens (including phenoxy) is 2. The van der Waals surface area contributed by atoms with E-state index in [0.29, 0.717) is 13.2 Å². The fourth-order valence-electron chi connectivity index (χ4n) is 0.515. The van der Waals surface area contributed by atoms with Crippen LogP contribution in [0.2, 0.25) is 0 Å². The third-order valence-electron chi connectivity index (χ3n) is 1.05. The summed E-state index contributed by atoms with van der Waals surface area (Å²) in [6, 6.07) is 0. The minimum Gasteiger partial charge on any atom is -0.479 e. The molecule has 2 N–H and O–H groups in total. The topological polar surface area (TPSA) is 94.1 Å². The number of hydrogen-bond acceptors (Lipinski definition) is 5. The molecular formula is C7H13NO6. The van der Waals surface area contributed by atoms with Crippen LogP contribution in [-0.2, 0) is 23.9 Å². The van der Waals surface area contributed by atoms with Gasteiger partial charge in [-0.25, -0.2) is 10.3 Å². The second-order valence-corrected chi connectivity index (χ2v) is 2.25. The van der Waals surface area contributed by atoms with Gasteiger partial charge in [0.2, 0.25) is 0 Å². The predicted molar refractivity (Wildman–Crippen MR) is 44.4 cm³/mol. The van der Waals surface area contributed by atoms with Crippen LogP contribution in [-0.4, -0.2) is 50.5 Å². The van der Waals surface area contributed by atoms with E-state index in [1.807, 2.05) is 5.48 Å². The van der Waals surface area contributed by atoms with E-state index in [1.165, 1.54) is 7.11 Å². The van der Waals surface area contributed by atoms with Gasteiger partial charge in [0.05, 0.1) is 13.2 Å². The van der Waals surface area contributed by atoms with E-state index in [0.717, 1.165) is 0 Å². The highest BCUT2D eigenvalue weighted by molar-refractivity contribution is 5.76. The largest absolute Gasteiger partial charge is 0.479 e. The van der Waals surface area contributed by atoms with Gasteiger partial charge >= 0.3 is 5.97 Å². The number of carbonyl (C=O) groups excluding carboxylic acids is 1. The molecule has 14 heavy (non-hydrogen) atoms. The van der Waals surface area contributed by atoms with Crippen LogP contribution in [0.25, 0.3) is 0 Å². The quantitative estimate of drug-likeness (QED) is 0.383. The zero-order valence-electron chi connectivity index (χ0n) is 7.82. The first-order chi connectivity index (χ1) is 6.66. The second kappa shape index (κ2) is 8.42. The summed E-state index contributed by atoms with van der Waals surface area (Å²) in [6.45, 7) is -0.0844. The molecule has 0 aromatic heterocycles. The Bertz CT molecular complexity index is 183. The van der Waals surface area contributed by atoms with E-state index >= 15 is 0 Å². The highest BCUT2D eigenvalue weighted by Gasteiger charge is 2.02. The number of methoxy groups -OCH3 is 1. The maximum Gasteiger partial charge on any atom is 0.332 e. The lowest BCUT2D eigenvalue weighted by atomic mass is 10.6. The summed E-state index contributed by atoms with van der Waals surface area (Å²) in [4.78, 5) is 25.1. The average molecular weight is 207 g/mol. The molecule has 0 saturated carbocycles. The SMILES string of the molecule is COCCOCC(=O)NOCC(=O)O. The molecule has 0 aliphatic heterocycles. The number of hydroxylamine groups is 1. The number of nitrogens with one attached hydrogen (secondary N) is 1. The van der Waals surface area contributed by atoms with E-state index in [9.17, 15) is 9.59 Å². The van der Waals surface area contributed by atoms with Gasteiger partial charge in [0.15, 0.2) is 6.61 Å². The van der Waals surface area contributed by atoms with Crippen molar-refractivity contribution in [3.05, 3.63) is 0 Å². The van der Waals surface area contributed by atoms with Crippen molar-refractivity contribution in [3.8, 4) is 0 Å². The molecule has 0 rings (SSSR count). The standard InChI is InChI=1S/C7H13NO6/c1-12-2-3-13-4-6(9)8-14-5-7(10)11/h2-5H2,1H3,(H,8,9)(H,10,11). The van der Waals surface area contributed by atoms with Crippen LogP contribution in [0.4, 0.5) is 0 Å². The summed E-state index contributed by atoms with van der Waals surface area (Å²) in [7, 11) is 1.51. The number of carbonyl (C=O) groups is 2. The first-order valence-corrected chi connectivity index (χ1v) is 3.86. The first-order valence-electron chi connectivity index (χ1n) is 3.86. The summed E-state index contributed by atoms with van der Waals surface area (Å²) >= 11 is 0. The van der Waals surface area contributed by atoms with Gasteiger partial charge in [-0.1, -0.05) is 0 Å². The van der Waals surface area contributed by atoms with Gasteiger partial charge in [0.25, 0.3) is 5.91 Å². The lowest BCUT2D eigenvalue weighted by Gasteiger charge is -2.04. The minimum atomic E-state index is -1.16. The monoisotopic (exact) mass is 207 g/mol. The molecule has 0 radical (unpaired) electrons. The number of carboxylic acids is 1. The third kappa shape index (κ3) is 8.91. The van der Waals surface area contributed by atoms with Crippen LogP contribution in [0.5, 0.6) is 0 Å². The van der Waals surface area contributed by atoms with Crippen molar-refractivity contribution < 1.29 is 29.0 Å². The van der Waals surface area contributed by atoms with Crippen LogP contribution in [0, 0.1) is 0 Å². The van der Waals surface area contributed by atoms with Crippen LogP contribution in [0.3, 0.4) is 0 Å². The van der Waals surface area contributed by atoms with E-state index in [2.05, 4.69) is 9.57 Å². The molecule has 7 heteroatoms. The normalized spacial score (nSPS) is 9.79. The minimum absolute atomic E-state index is 0.191. The zero-order valence-corrected chi connectivity index (χ0v) is 7.82. The molecule has 0 bridgehead atoms. The fraction of sp³-hybridized carbons (Fsp3) is 0.714. The van der Waals surface area contributed by atoms with Crippen LogP contribution < -0.4 is 5.48 Å². The third-order valence-corrected chi connectivity index (χ3v) is 1.05. The van der Waals surface area contributed by atoms with E-state index < -0.39 is 18.5 Å². The Hall–Kier alpha value is -1.18. The molecule has 0 unspecified atom stereocenters. The Labute approximate surface area is 80.9 Å². The maximum atomic E-state index is 10.8. The van der Waals surface area contributed by atoms with E-state index in [4.69, 9.17) is 9.84 Å². The van der Waals surface area contributed by atoms with Crippen molar-refractivity contribution in [1.82, 2.24) is 5.48 Å². The summed E-state index contributed by atoms with van der Waals surface area (Å²) < 4.78 is 9.50. The molecular weight excluding hydrogens is 194 g/mol. The number of rotatable bonds is 8. The molecule has 0 fully saturated rings. The van der Waals surface area contributed by atoms with E-state index in [1.54, 1.807) is 0 Å². The highest BCUT2D eigenvalue weighted by atomic mass is 16.7. The Kier molecular flexibility index (Phi) is 7.71. The van der Waals surface area contributed by atoms with E-state index in [-0.39, 0.29) is 6.61 Å². The van der Waals surface area contributed by atoms with Gasteiger partial charge in [-0.3, -0.25) is 9.63 Å². The van der Waals surface area contributed by atoms with Gasteiger partial charge in [-0.15, -0.1) is 0 Å². The van der Waals surface area contributed by atoms with Gasteiger partial charge in [-0.05, 0) is 0 Å². The van der Waals surface area contributed by atoms with Crippen molar-refractivity contribution in [2.75, 3.05) is 33.5 Å². The summed E-state index contributed by atoms with van der Waals surface area (Å²) in [5.41, 5.74) is 1.91. The van der Waals surface area contributed by atoms with Gasteiger partial charge in [-0.2, -0.15) is 0 Å². The summed E-state index contributed by atoms with van der Waals surface area (Å²) in [5.74, 6) is -1.70. The molecule has 1 amide bonds. The smallest absolute Gasteiger partial charge is 0.332 e. The van der Waals surface area contributed by atoms with Gasteiger partial charge in [0.1, 0.15) is 6.61 Å². The van der Waals surface area contributed by atoms with Gasteiger partial charge in [0, 0.05) is 7.11 Å². The van der Waals surface area contributed by atoms with Crippen molar-refractivity contribution in [3.63, 3.8) is 0 Å². The van der Waals surface area contributed by atoms with Crippen molar-refractivity contribution >= 4 is 11.9 Å². The summed E-state index contributed by atoms with van der Waals surface area (Å²) in [5, 5.41) is 8.15. The number of amides is 1. The van der Waals surface area contributed by atoms with Crippen molar-refractivity contribution in [2.45, 2.75) is 0 Å². The van der Waals surface area contributed by atoms with Crippen LogP contribution in [0.15, 0.2) is 0 Å². The number of aliphatic carboxylic acids is 1. The average Bonchev–Trinajstić information content (AvgIpc) is 2.12. The van der Waals surface area contributed by atoms with Crippen LogP contribution in [0.1, 0.15) is 0 Å². The molecule has 0 aromatic carbocycles.